The van der Waals surface area contributed by atoms with E-state index in [0.717, 1.165) is 31.2 Å². The highest BCUT2D eigenvalue weighted by molar-refractivity contribution is 8.01. The Balaban J connectivity index is 1.33. The van der Waals surface area contributed by atoms with Gasteiger partial charge >= 0.3 is 0 Å². The number of hydrogen-bond donors (Lipinski definition) is 2. The van der Waals surface area contributed by atoms with E-state index in [1.165, 1.54) is 0 Å². The lowest BCUT2D eigenvalue weighted by Crippen LogP contribution is -2.31. The molecular weight excluding hydrogens is 587 g/mol. The lowest BCUT2D eigenvalue weighted by atomic mass is 10.0. The molecule has 0 spiro atoms. The minimum atomic E-state index is -2.05. The Morgan fingerprint density at radius 3 is 2.42 bits per heavy atom. The van der Waals surface area contributed by atoms with Gasteiger partial charge in [-0.25, -0.2) is 4.98 Å². The quantitative estimate of drug-likeness (QED) is 0.168. The predicted octanol–water partition coefficient (Wildman–Crippen LogP) is 7.44. The lowest BCUT2D eigenvalue weighted by molar-refractivity contribution is -0.245. The minimum Gasteiger partial charge on any atom is -0.392 e. The van der Waals surface area contributed by atoms with Crippen molar-refractivity contribution >= 4 is 79.7 Å². The van der Waals surface area contributed by atoms with Crippen LogP contribution in [0.5, 0.6) is 0 Å². The number of carbonyl (C=O) groups is 1. The van der Waals surface area contributed by atoms with Crippen molar-refractivity contribution < 1.29 is 19.4 Å². The molecule has 1 fully saturated rings. The summed E-state index contributed by atoms with van der Waals surface area (Å²) >= 11 is 20.3. The largest absolute Gasteiger partial charge is 0.392 e. The van der Waals surface area contributed by atoms with Crippen LogP contribution in [0.4, 0.5) is 5.69 Å². The van der Waals surface area contributed by atoms with Gasteiger partial charge in [0.1, 0.15) is 0 Å². The van der Waals surface area contributed by atoms with Crippen LogP contribution in [0.3, 0.4) is 0 Å². The van der Waals surface area contributed by atoms with Crippen LogP contribution in [-0.2, 0) is 20.9 Å². The highest BCUT2D eigenvalue weighted by atomic mass is 35.6. The molecule has 1 aliphatic heterocycles. The van der Waals surface area contributed by atoms with Gasteiger partial charge in [-0.05, 0) is 35.4 Å². The van der Waals surface area contributed by atoms with Crippen LogP contribution in [0.1, 0.15) is 35.5 Å². The summed E-state index contributed by atoms with van der Waals surface area (Å²) in [6, 6.07) is 22.9. The number of aliphatic hydroxyl groups is 1. The van der Waals surface area contributed by atoms with Crippen molar-refractivity contribution in [2.24, 2.45) is 0 Å². The highest BCUT2D eigenvalue weighted by Crippen LogP contribution is 2.40. The van der Waals surface area contributed by atoms with Gasteiger partial charge in [0.25, 0.3) is 9.70 Å². The first kappa shape index (κ1) is 27.7. The van der Waals surface area contributed by atoms with Gasteiger partial charge in [0.05, 0.1) is 29.0 Å². The molecular formula is C27H23Cl3N2O4S2. The number of carbonyl (C=O) groups excluding carboxylic acids is 1. The maximum Gasteiger partial charge on any atom is 0.276 e. The standard InChI is InChI=1S/C27H23Cl3N2O4S2/c28-27(29,30)25(34)31-19-11-9-18(10-12-19)24-35-20(13-22(36-24)17-7-5-16(14-33)6-8-17)15-37-26-32-21-3-1-2-4-23(21)38-26/h1-12,20,22,24,33H,13-15H2,(H,31,34)/t20-,22+,24+/m0/s1. The number of amides is 1. The number of thiazole rings is 1. The molecule has 1 aliphatic rings. The fraction of sp³-hybridized carbons (Fsp3) is 0.259. The minimum absolute atomic E-state index is 0.0138. The molecule has 198 valence electrons. The van der Waals surface area contributed by atoms with Crippen LogP contribution in [0.2, 0.25) is 0 Å². The number of ether oxygens (including phenoxy) is 2. The van der Waals surface area contributed by atoms with Gasteiger partial charge in [-0.15, -0.1) is 11.3 Å². The molecule has 1 saturated heterocycles. The van der Waals surface area contributed by atoms with E-state index < -0.39 is 16.0 Å². The maximum atomic E-state index is 12.0. The Morgan fingerprint density at radius 2 is 1.74 bits per heavy atom. The molecule has 2 N–H and O–H groups in total. The number of halogens is 3. The average molecular weight is 610 g/mol. The first-order valence-corrected chi connectivity index (χ1v) is 14.7. The Labute approximate surface area is 243 Å². The first-order chi connectivity index (χ1) is 18.3. The smallest absolute Gasteiger partial charge is 0.276 e. The molecule has 0 radical (unpaired) electrons. The molecule has 11 heteroatoms. The van der Waals surface area contributed by atoms with E-state index in [1.54, 1.807) is 35.2 Å². The van der Waals surface area contributed by atoms with Crippen molar-refractivity contribution in [1.29, 1.82) is 0 Å². The Hall–Kier alpha value is -1.88. The number of fused-ring (bicyclic) bond motifs is 1. The summed E-state index contributed by atoms with van der Waals surface area (Å²) in [6.45, 7) is -0.0138. The van der Waals surface area contributed by atoms with Crippen molar-refractivity contribution in [2.75, 3.05) is 11.1 Å². The maximum absolute atomic E-state index is 12.0. The van der Waals surface area contributed by atoms with Gasteiger partial charge in [0.2, 0.25) is 0 Å². The fourth-order valence-electron chi connectivity index (χ4n) is 4.03. The zero-order chi connectivity index (χ0) is 26.7. The monoisotopic (exact) mass is 608 g/mol. The normalized spacial score (nSPS) is 19.9. The summed E-state index contributed by atoms with van der Waals surface area (Å²) in [6.07, 6.45) is -0.252. The van der Waals surface area contributed by atoms with Gasteiger partial charge in [0, 0.05) is 23.4 Å². The molecule has 0 saturated carbocycles. The van der Waals surface area contributed by atoms with Crippen LogP contribution in [0.15, 0.2) is 77.1 Å². The zero-order valence-electron chi connectivity index (χ0n) is 19.9. The number of aromatic nitrogens is 1. The van der Waals surface area contributed by atoms with E-state index in [1.807, 2.05) is 54.6 Å². The summed E-state index contributed by atoms with van der Waals surface area (Å²) in [5.41, 5.74) is 4.13. The van der Waals surface area contributed by atoms with Crippen molar-refractivity contribution in [3.05, 3.63) is 89.5 Å². The van der Waals surface area contributed by atoms with Gasteiger partial charge in [-0.2, -0.15) is 0 Å². The molecule has 38 heavy (non-hydrogen) atoms. The molecule has 0 unspecified atom stereocenters. The Morgan fingerprint density at radius 1 is 1.03 bits per heavy atom. The number of rotatable bonds is 7. The van der Waals surface area contributed by atoms with Gasteiger partial charge in [0.15, 0.2) is 10.6 Å². The molecule has 1 amide bonds. The van der Waals surface area contributed by atoms with Crippen LogP contribution >= 0.6 is 57.9 Å². The summed E-state index contributed by atoms with van der Waals surface area (Å²) in [5.74, 6) is -0.0267. The molecule has 5 rings (SSSR count). The SMILES string of the molecule is O=C(Nc1ccc([C@@H]2O[C@H](CSc3nc4ccccc4s3)C[C@H](c3ccc(CO)cc3)O2)cc1)C(Cl)(Cl)Cl. The van der Waals surface area contributed by atoms with Gasteiger partial charge in [-0.1, -0.05) is 95.1 Å². The van der Waals surface area contributed by atoms with E-state index in [0.29, 0.717) is 17.9 Å². The van der Waals surface area contributed by atoms with Crippen molar-refractivity contribution in [3.63, 3.8) is 0 Å². The first-order valence-electron chi connectivity index (χ1n) is 11.8. The van der Waals surface area contributed by atoms with E-state index in [-0.39, 0.29) is 18.8 Å². The van der Waals surface area contributed by atoms with E-state index in [9.17, 15) is 9.90 Å². The van der Waals surface area contributed by atoms with E-state index >= 15 is 0 Å². The lowest BCUT2D eigenvalue weighted by Gasteiger charge is -2.36. The molecule has 0 aliphatic carbocycles. The Kier molecular flexibility index (Phi) is 8.82. The number of nitrogens with zero attached hydrogens (tertiary/aromatic N) is 1. The molecule has 1 aromatic heterocycles. The number of thioether (sulfide) groups is 1. The fourth-order valence-corrected chi connectivity index (χ4v) is 6.28. The molecule has 6 nitrogen and oxygen atoms in total. The number of alkyl halides is 3. The Bertz CT molecular complexity index is 1360. The van der Waals surface area contributed by atoms with Crippen LogP contribution in [0, 0.1) is 0 Å². The average Bonchev–Trinajstić information content (AvgIpc) is 3.35. The van der Waals surface area contributed by atoms with Crippen LogP contribution < -0.4 is 5.32 Å². The van der Waals surface area contributed by atoms with Crippen molar-refractivity contribution in [2.45, 2.75) is 39.7 Å². The van der Waals surface area contributed by atoms with E-state index in [4.69, 9.17) is 49.3 Å². The second-order valence-electron chi connectivity index (χ2n) is 8.68. The summed E-state index contributed by atoms with van der Waals surface area (Å²) in [4.78, 5) is 16.7. The summed E-state index contributed by atoms with van der Waals surface area (Å²) in [5, 5.41) is 12.0. The molecule has 4 aromatic rings. The highest BCUT2D eigenvalue weighted by Gasteiger charge is 2.33. The van der Waals surface area contributed by atoms with Crippen LogP contribution in [0.25, 0.3) is 10.2 Å². The van der Waals surface area contributed by atoms with Crippen molar-refractivity contribution in [3.8, 4) is 0 Å². The third-order valence-corrected chi connectivity index (χ3v) is 8.81. The number of benzene rings is 3. The molecule has 2 heterocycles. The number of aliphatic hydroxyl groups excluding tert-OH is 1. The number of hydrogen-bond acceptors (Lipinski definition) is 7. The summed E-state index contributed by atoms with van der Waals surface area (Å²) < 4.78 is 12.9. The van der Waals surface area contributed by atoms with Gasteiger partial charge < -0.3 is 19.9 Å². The zero-order valence-corrected chi connectivity index (χ0v) is 23.8. The number of nitrogens with one attached hydrogen (secondary N) is 1. The van der Waals surface area contributed by atoms with Crippen molar-refractivity contribution in [1.82, 2.24) is 4.98 Å². The molecule has 0 bridgehead atoms. The number of anilines is 1. The topological polar surface area (TPSA) is 80.7 Å². The molecule has 3 atom stereocenters. The predicted molar refractivity (Wildman–Crippen MR) is 154 cm³/mol. The third-order valence-electron chi connectivity index (χ3n) is 5.98. The number of para-hydroxylation sites is 1. The third kappa shape index (κ3) is 6.81. The van der Waals surface area contributed by atoms with Crippen LogP contribution in [-0.4, -0.2) is 31.6 Å². The second-order valence-corrected chi connectivity index (χ2v) is 13.3. The van der Waals surface area contributed by atoms with E-state index in [2.05, 4.69) is 11.4 Å². The molecule has 3 aromatic carbocycles. The van der Waals surface area contributed by atoms with Gasteiger partial charge in [-0.3, -0.25) is 4.79 Å². The second kappa shape index (κ2) is 12.1. The summed E-state index contributed by atoms with van der Waals surface area (Å²) in [7, 11) is 0.